The van der Waals surface area contributed by atoms with E-state index in [1.54, 1.807) is 10.8 Å². The zero-order valence-electron chi connectivity index (χ0n) is 14.3. The maximum absolute atomic E-state index is 4.60. The van der Waals surface area contributed by atoms with E-state index in [2.05, 4.69) is 37.1 Å². The van der Waals surface area contributed by atoms with Gasteiger partial charge in [0.05, 0.1) is 11.4 Å². The topological polar surface area (TPSA) is 72.1 Å². The van der Waals surface area contributed by atoms with Crippen LogP contribution < -0.4 is 4.90 Å². The Labute approximate surface area is 140 Å². The van der Waals surface area contributed by atoms with Crippen LogP contribution in [0.3, 0.4) is 0 Å². The number of aryl methyl sites for hydroxylation is 2. The van der Waals surface area contributed by atoms with Gasteiger partial charge in [0.15, 0.2) is 0 Å². The third-order valence-corrected chi connectivity index (χ3v) is 4.92. The van der Waals surface area contributed by atoms with E-state index in [-0.39, 0.29) is 0 Å². The van der Waals surface area contributed by atoms with Crippen LogP contribution in [-0.4, -0.2) is 42.9 Å². The highest BCUT2D eigenvalue weighted by atomic mass is 15.4. The molecule has 0 aromatic carbocycles. The average molecular weight is 323 g/mol. The van der Waals surface area contributed by atoms with Crippen LogP contribution in [0.4, 0.5) is 5.69 Å². The third kappa shape index (κ3) is 2.50. The van der Waals surface area contributed by atoms with Crippen molar-refractivity contribution in [1.29, 1.82) is 0 Å². The smallest absolute Gasteiger partial charge is 0.201 e. The Kier molecular flexibility index (Phi) is 3.63. The molecule has 0 amide bonds. The van der Waals surface area contributed by atoms with Crippen LogP contribution in [0.2, 0.25) is 0 Å². The van der Waals surface area contributed by atoms with E-state index in [4.69, 9.17) is 0 Å². The van der Waals surface area contributed by atoms with Crippen molar-refractivity contribution in [3.63, 3.8) is 0 Å². The van der Waals surface area contributed by atoms with E-state index in [1.165, 1.54) is 5.56 Å². The molecule has 1 aliphatic rings. The first-order valence-electron chi connectivity index (χ1n) is 8.35. The highest BCUT2D eigenvalue weighted by Gasteiger charge is 2.25. The summed E-state index contributed by atoms with van der Waals surface area (Å²) in [5.74, 6) is 1.35. The number of aromatic nitrogens is 6. The van der Waals surface area contributed by atoms with Crippen LogP contribution in [0.15, 0.2) is 18.6 Å². The summed E-state index contributed by atoms with van der Waals surface area (Å²) in [5.41, 5.74) is 5.38. The molecule has 0 radical (unpaired) electrons. The Hall–Kier alpha value is -2.57. The largest absolute Gasteiger partial charge is 0.368 e. The van der Waals surface area contributed by atoms with Gasteiger partial charge in [0.2, 0.25) is 5.65 Å². The zero-order chi connectivity index (χ0) is 16.7. The lowest BCUT2D eigenvalue weighted by molar-refractivity contribution is 0.494. The van der Waals surface area contributed by atoms with Gasteiger partial charge in [-0.1, -0.05) is 0 Å². The van der Waals surface area contributed by atoms with Gasteiger partial charge >= 0.3 is 0 Å². The first kappa shape index (κ1) is 15.0. The molecule has 0 atom stereocenters. The summed E-state index contributed by atoms with van der Waals surface area (Å²) < 4.78 is 1.78. The molecule has 4 rings (SSSR count). The van der Waals surface area contributed by atoms with Crippen LogP contribution in [0, 0.1) is 20.8 Å². The van der Waals surface area contributed by atoms with Crippen molar-refractivity contribution in [2.45, 2.75) is 39.5 Å². The molecule has 1 fully saturated rings. The summed E-state index contributed by atoms with van der Waals surface area (Å²) >= 11 is 0. The molecule has 0 bridgehead atoms. The van der Waals surface area contributed by atoms with Crippen LogP contribution in [0.25, 0.3) is 5.65 Å². The monoisotopic (exact) mass is 323 g/mol. The number of hydrogen-bond donors (Lipinski definition) is 0. The summed E-state index contributed by atoms with van der Waals surface area (Å²) in [6, 6.07) is 2.05. The lowest BCUT2D eigenvalue weighted by atomic mass is 9.92. The molecule has 0 N–H and O–H groups in total. The van der Waals surface area contributed by atoms with Crippen LogP contribution in [0.1, 0.15) is 41.5 Å². The minimum atomic E-state index is 0.500. The van der Waals surface area contributed by atoms with E-state index in [9.17, 15) is 0 Å². The molecular weight excluding hydrogens is 302 g/mol. The van der Waals surface area contributed by atoms with E-state index < -0.39 is 0 Å². The molecule has 7 heteroatoms. The summed E-state index contributed by atoms with van der Waals surface area (Å²) in [4.78, 5) is 11.2. The number of nitrogens with zero attached hydrogens (tertiary/aromatic N) is 7. The minimum absolute atomic E-state index is 0.500. The molecule has 1 aliphatic heterocycles. The van der Waals surface area contributed by atoms with Crippen molar-refractivity contribution in [3.8, 4) is 0 Å². The maximum Gasteiger partial charge on any atom is 0.201 e. The van der Waals surface area contributed by atoms with Crippen molar-refractivity contribution in [2.24, 2.45) is 0 Å². The van der Waals surface area contributed by atoms with E-state index in [0.717, 1.165) is 54.5 Å². The summed E-state index contributed by atoms with van der Waals surface area (Å²) in [6.07, 6.45) is 5.69. The molecule has 0 spiro atoms. The normalized spacial score (nSPS) is 16.0. The van der Waals surface area contributed by atoms with Crippen molar-refractivity contribution in [1.82, 2.24) is 29.8 Å². The van der Waals surface area contributed by atoms with Gasteiger partial charge < -0.3 is 4.90 Å². The molecule has 4 heterocycles. The predicted octanol–water partition coefficient (Wildman–Crippen LogP) is 2.22. The van der Waals surface area contributed by atoms with Crippen molar-refractivity contribution in [2.75, 3.05) is 18.0 Å². The molecule has 3 aromatic rings. The quantitative estimate of drug-likeness (QED) is 0.720. The van der Waals surface area contributed by atoms with Crippen molar-refractivity contribution < 1.29 is 0 Å². The fourth-order valence-corrected chi connectivity index (χ4v) is 3.51. The fourth-order valence-electron chi connectivity index (χ4n) is 3.51. The third-order valence-electron chi connectivity index (χ3n) is 4.92. The highest BCUT2D eigenvalue weighted by molar-refractivity contribution is 5.72. The fraction of sp³-hybridized carbons (Fsp3) is 0.471. The molecule has 0 aliphatic carbocycles. The summed E-state index contributed by atoms with van der Waals surface area (Å²) in [6.45, 7) is 8.08. The van der Waals surface area contributed by atoms with Gasteiger partial charge in [-0.3, -0.25) is 0 Å². The van der Waals surface area contributed by atoms with Crippen LogP contribution >= 0.6 is 0 Å². The predicted molar refractivity (Wildman–Crippen MR) is 91.2 cm³/mol. The second-order valence-corrected chi connectivity index (χ2v) is 6.45. The maximum atomic E-state index is 4.60. The molecule has 24 heavy (non-hydrogen) atoms. The van der Waals surface area contributed by atoms with Crippen LogP contribution in [0.5, 0.6) is 0 Å². The molecule has 3 aromatic heterocycles. The van der Waals surface area contributed by atoms with Gasteiger partial charge in [0, 0.05) is 30.9 Å². The molecule has 7 nitrogen and oxygen atoms in total. The van der Waals surface area contributed by atoms with Crippen molar-refractivity contribution in [3.05, 3.63) is 41.4 Å². The SMILES string of the molecule is Cc1nccc(C2CCN(c3c(C)c(C)nn4cnnc34)CC2)n1. The van der Waals surface area contributed by atoms with E-state index >= 15 is 0 Å². The lowest BCUT2D eigenvalue weighted by Crippen LogP contribution is -2.34. The number of rotatable bonds is 2. The number of fused-ring (bicyclic) bond motifs is 1. The first-order chi connectivity index (χ1) is 11.6. The zero-order valence-corrected chi connectivity index (χ0v) is 14.3. The van der Waals surface area contributed by atoms with Gasteiger partial charge in [-0.15, -0.1) is 10.2 Å². The van der Waals surface area contributed by atoms with E-state index in [1.807, 2.05) is 26.1 Å². The Morgan fingerprint density at radius 3 is 2.67 bits per heavy atom. The van der Waals surface area contributed by atoms with Gasteiger partial charge in [0.25, 0.3) is 0 Å². The van der Waals surface area contributed by atoms with Crippen LogP contribution in [-0.2, 0) is 0 Å². The molecule has 0 saturated carbocycles. The molecule has 1 saturated heterocycles. The van der Waals surface area contributed by atoms with Gasteiger partial charge in [-0.2, -0.15) is 9.61 Å². The summed E-state index contributed by atoms with van der Waals surface area (Å²) in [7, 11) is 0. The number of anilines is 1. The van der Waals surface area contributed by atoms with Gasteiger partial charge in [-0.25, -0.2) is 9.97 Å². The Morgan fingerprint density at radius 1 is 1.12 bits per heavy atom. The van der Waals surface area contributed by atoms with E-state index in [0.29, 0.717) is 5.92 Å². The standard InChI is InChI=1S/C17H21N7/c1-11-12(2)22-24-10-19-21-17(24)16(11)23-8-5-14(6-9-23)15-4-7-18-13(3)20-15/h4,7,10,14H,5-6,8-9H2,1-3H3. The van der Waals surface area contributed by atoms with Gasteiger partial charge in [-0.05, 0) is 45.2 Å². The Morgan fingerprint density at radius 2 is 1.92 bits per heavy atom. The highest BCUT2D eigenvalue weighted by Crippen LogP contribution is 2.33. The number of piperidine rings is 1. The minimum Gasteiger partial charge on any atom is -0.368 e. The first-order valence-corrected chi connectivity index (χ1v) is 8.35. The molecule has 0 unspecified atom stereocenters. The average Bonchev–Trinajstić information content (AvgIpc) is 3.04. The Balaban J connectivity index is 1.60. The Bertz CT molecular complexity index is 878. The van der Waals surface area contributed by atoms with Gasteiger partial charge in [0.1, 0.15) is 12.2 Å². The molecular formula is C17H21N7. The number of hydrogen-bond acceptors (Lipinski definition) is 6. The van der Waals surface area contributed by atoms with Crippen molar-refractivity contribution >= 4 is 11.3 Å². The second-order valence-electron chi connectivity index (χ2n) is 6.45. The summed E-state index contributed by atoms with van der Waals surface area (Å²) in [5, 5.41) is 12.8. The molecule has 124 valence electrons. The lowest BCUT2D eigenvalue weighted by Gasteiger charge is -2.34. The second kappa shape index (κ2) is 5.81.